The first-order valence-electron chi connectivity index (χ1n) is 11.6. The Morgan fingerprint density at radius 1 is 0.853 bits per heavy atom. The normalized spacial score (nSPS) is 15.2. The fraction of sp³-hybridized carbons (Fsp3) is 0.133. The summed E-state index contributed by atoms with van der Waals surface area (Å²) in [5.74, 6) is 0.204. The molecular weight excluding hydrogens is 418 g/mol. The largest absolute Gasteiger partial charge is 0.341 e. The monoisotopic (exact) mass is 445 g/mol. The van der Waals surface area contributed by atoms with Gasteiger partial charge in [-0.05, 0) is 73.0 Å². The molecule has 4 heteroatoms. The topological polar surface area (TPSA) is 35.9 Å². The van der Waals surface area contributed by atoms with Crippen LogP contribution in [-0.4, -0.2) is 18.5 Å². The first-order chi connectivity index (χ1) is 16.7. The lowest BCUT2D eigenvalue weighted by atomic mass is 9.88. The minimum Gasteiger partial charge on any atom is -0.341 e. The minimum absolute atomic E-state index is 0.0231. The average molecular weight is 446 g/mol. The molecular formula is C30H27N3O. The van der Waals surface area contributed by atoms with Crippen LogP contribution >= 0.6 is 0 Å². The molecule has 0 radical (unpaired) electrons. The molecule has 0 fully saturated rings. The van der Waals surface area contributed by atoms with Gasteiger partial charge in [0.2, 0.25) is 0 Å². The van der Waals surface area contributed by atoms with Gasteiger partial charge in [0.25, 0.3) is 0 Å². The second-order valence-corrected chi connectivity index (χ2v) is 8.57. The maximum Gasteiger partial charge on any atom is 0.135 e. The van der Waals surface area contributed by atoms with Crippen molar-refractivity contribution in [2.24, 2.45) is 11.0 Å². The lowest BCUT2D eigenvalue weighted by molar-refractivity contribution is -0.120. The van der Waals surface area contributed by atoms with Crippen LogP contribution in [0, 0.1) is 5.92 Å². The molecule has 1 aliphatic rings. The first-order valence-corrected chi connectivity index (χ1v) is 11.6. The lowest BCUT2D eigenvalue weighted by Crippen LogP contribution is -2.35. The number of benzene rings is 4. The molecule has 1 heterocycles. The Morgan fingerprint density at radius 3 is 2.03 bits per heavy atom. The molecule has 0 aliphatic carbocycles. The molecule has 1 aliphatic heterocycles. The molecule has 1 unspecified atom stereocenters. The molecule has 0 amide bonds. The van der Waals surface area contributed by atoms with Crippen LogP contribution in [0.15, 0.2) is 114 Å². The molecule has 0 N–H and O–H groups in total. The standard InChI is InChI=1S/C30H27N3O/c1-23(34)26-20-25-19-24(17-18-30(25)32(22-26)27-11-5-2-6-12-27)21-31-33(28-13-7-3-8-14-28)29-15-9-4-10-16-29/h2-19,21,26H,20,22H2,1H3. The molecule has 0 saturated carbocycles. The van der Waals surface area contributed by atoms with E-state index >= 15 is 0 Å². The molecule has 0 bridgehead atoms. The van der Waals surface area contributed by atoms with Crippen molar-refractivity contribution < 1.29 is 4.79 Å². The van der Waals surface area contributed by atoms with Gasteiger partial charge in [-0.15, -0.1) is 0 Å². The van der Waals surface area contributed by atoms with Gasteiger partial charge in [-0.25, -0.2) is 5.01 Å². The zero-order valence-corrected chi connectivity index (χ0v) is 19.2. The van der Waals surface area contributed by atoms with E-state index in [1.165, 1.54) is 5.56 Å². The molecule has 5 rings (SSSR count). The van der Waals surface area contributed by atoms with E-state index in [1.54, 1.807) is 6.92 Å². The number of fused-ring (bicyclic) bond motifs is 1. The Hall–Kier alpha value is -4.18. The van der Waals surface area contributed by atoms with Crippen LogP contribution in [-0.2, 0) is 11.2 Å². The van der Waals surface area contributed by atoms with Gasteiger partial charge in [-0.1, -0.05) is 60.7 Å². The number of rotatable bonds is 6. The zero-order chi connectivity index (χ0) is 23.3. The van der Waals surface area contributed by atoms with E-state index in [0.717, 1.165) is 34.7 Å². The number of Topliss-reactive ketones (excluding diaryl/α,β-unsaturated/α-hetero) is 1. The predicted octanol–water partition coefficient (Wildman–Crippen LogP) is 6.76. The molecule has 34 heavy (non-hydrogen) atoms. The third kappa shape index (κ3) is 4.62. The van der Waals surface area contributed by atoms with Gasteiger partial charge in [0.15, 0.2) is 0 Å². The highest BCUT2D eigenvalue weighted by atomic mass is 16.1. The Balaban J connectivity index is 1.49. The minimum atomic E-state index is -0.0231. The summed E-state index contributed by atoms with van der Waals surface area (Å²) >= 11 is 0. The van der Waals surface area contributed by atoms with Gasteiger partial charge in [-0.3, -0.25) is 4.79 Å². The van der Waals surface area contributed by atoms with Crippen LogP contribution in [0.5, 0.6) is 0 Å². The lowest BCUT2D eigenvalue weighted by Gasteiger charge is -2.35. The molecule has 4 aromatic carbocycles. The van der Waals surface area contributed by atoms with Gasteiger partial charge in [0.05, 0.1) is 17.6 Å². The van der Waals surface area contributed by atoms with Crippen LogP contribution in [0.2, 0.25) is 0 Å². The molecule has 4 aromatic rings. The average Bonchev–Trinajstić information content (AvgIpc) is 2.89. The van der Waals surface area contributed by atoms with Gasteiger partial charge < -0.3 is 4.90 Å². The van der Waals surface area contributed by atoms with E-state index in [0.29, 0.717) is 6.54 Å². The van der Waals surface area contributed by atoms with E-state index in [-0.39, 0.29) is 11.7 Å². The van der Waals surface area contributed by atoms with Crippen molar-refractivity contribution >= 4 is 34.7 Å². The quantitative estimate of drug-likeness (QED) is 0.243. The van der Waals surface area contributed by atoms with Gasteiger partial charge in [0, 0.05) is 23.8 Å². The zero-order valence-electron chi connectivity index (χ0n) is 19.2. The van der Waals surface area contributed by atoms with Gasteiger partial charge >= 0.3 is 0 Å². The maximum absolute atomic E-state index is 12.3. The third-order valence-electron chi connectivity index (χ3n) is 6.23. The highest BCUT2D eigenvalue weighted by Crippen LogP contribution is 2.36. The number of carbonyl (C=O) groups is 1. The fourth-order valence-corrected chi connectivity index (χ4v) is 4.43. The van der Waals surface area contributed by atoms with Crippen molar-refractivity contribution in [3.63, 3.8) is 0 Å². The molecule has 1 atom stereocenters. The third-order valence-corrected chi connectivity index (χ3v) is 6.23. The van der Waals surface area contributed by atoms with Crippen molar-refractivity contribution in [2.45, 2.75) is 13.3 Å². The Kier molecular flexibility index (Phi) is 6.21. The molecule has 0 aromatic heterocycles. The number of nitrogens with zero attached hydrogens (tertiary/aromatic N) is 3. The number of hydrazone groups is 1. The van der Waals surface area contributed by atoms with Crippen LogP contribution < -0.4 is 9.91 Å². The summed E-state index contributed by atoms with van der Waals surface area (Å²) in [5.41, 5.74) is 6.43. The van der Waals surface area contributed by atoms with E-state index < -0.39 is 0 Å². The van der Waals surface area contributed by atoms with E-state index in [4.69, 9.17) is 5.10 Å². The number of carbonyl (C=O) groups excluding carboxylic acids is 1. The van der Waals surface area contributed by atoms with Crippen molar-refractivity contribution in [3.05, 3.63) is 120 Å². The fourth-order valence-electron chi connectivity index (χ4n) is 4.43. The van der Waals surface area contributed by atoms with Crippen LogP contribution in [0.3, 0.4) is 0 Å². The molecule has 168 valence electrons. The van der Waals surface area contributed by atoms with E-state index in [1.807, 2.05) is 90.1 Å². The number of hydrogen-bond acceptors (Lipinski definition) is 4. The van der Waals surface area contributed by atoms with Crippen LogP contribution in [0.25, 0.3) is 0 Å². The Labute approximate surface area is 200 Å². The van der Waals surface area contributed by atoms with Gasteiger partial charge in [0.1, 0.15) is 5.78 Å². The Morgan fingerprint density at radius 2 is 1.44 bits per heavy atom. The smallest absolute Gasteiger partial charge is 0.135 e. The predicted molar refractivity (Wildman–Crippen MR) is 140 cm³/mol. The summed E-state index contributed by atoms with van der Waals surface area (Å²) in [4.78, 5) is 14.6. The molecule has 0 spiro atoms. The summed E-state index contributed by atoms with van der Waals surface area (Å²) in [6.07, 6.45) is 2.64. The van der Waals surface area contributed by atoms with E-state index in [9.17, 15) is 4.79 Å². The highest BCUT2D eigenvalue weighted by Gasteiger charge is 2.28. The second kappa shape index (κ2) is 9.75. The second-order valence-electron chi connectivity index (χ2n) is 8.57. The summed E-state index contributed by atoms with van der Waals surface area (Å²) in [6.45, 7) is 2.40. The van der Waals surface area contributed by atoms with Crippen LogP contribution in [0.4, 0.5) is 22.7 Å². The number of anilines is 4. The summed E-state index contributed by atoms with van der Waals surface area (Å²) in [7, 11) is 0. The van der Waals surface area contributed by atoms with Crippen LogP contribution in [0.1, 0.15) is 18.1 Å². The highest BCUT2D eigenvalue weighted by molar-refractivity contribution is 5.86. The summed E-state index contributed by atoms with van der Waals surface area (Å²) < 4.78 is 0. The van der Waals surface area contributed by atoms with Crippen molar-refractivity contribution in [1.82, 2.24) is 0 Å². The summed E-state index contributed by atoms with van der Waals surface area (Å²) in [5, 5.41) is 6.78. The number of hydrogen-bond donors (Lipinski definition) is 0. The van der Waals surface area contributed by atoms with E-state index in [2.05, 4.69) is 35.2 Å². The SMILES string of the molecule is CC(=O)C1Cc2cc(C=NN(c3ccccc3)c3ccccc3)ccc2N(c2ccccc2)C1. The van der Waals surface area contributed by atoms with Gasteiger partial charge in [-0.2, -0.15) is 5.10 Å². The maximum atomic E-state index is 12.3. The van der Waals surface area contributed by atoms with Crippen molar-refractivity contribution in [3.8, 4) is 0 Å². The van der Waals surface area contributed by atoms with Crippen molar-refractivity contribution in [1.29, 1.82) is 0 Å². The molecule has 4 nitrogen and oxygen atoms in total. The summed E-state index contributed by atoms with van der Waals surface area (Å²) in [6, 6.07) is 36.9. The van der Waals surface area contributed by atoms with Crippen molar-refractivity contribution in [2.75, 3.05) is 16.5 Å². The Bertz CT molecular complexity index is 1250. The first kappa shape index (κ1) is 21.7. The number of ketones is 1. The molecule has 0 saturated heterocycles. The number of para-hydroxylation sites is 3.